The third-order valence-electron chi connectivity index (χ3n) is 2.20. The van der Waals surface area contributed by atoms with E-state index in [0.717, 1.165) is 43.9 Å². The fraction of sp³-hybridized carbons (Fsp3) is 0.667. The molecule has 0 amide bonds. The van der Waals surface area contributed by atoms with Crippen LogP contribution in [0, 0.1) is 0 Å². The van der Waals surface area contributed by atoms with Gasteiger partial charge in [-0.1, -0.05) is 6.92 Å². The zero-order chi connectivity index (χ0) is 9.10. The number of nitrogens with two attached hydrogens (primary N) is 1. The molecule has 0 aliphatic carbocycles. The molecule has 1 aliphatic rings. The monoisotopic (exact) mass is 183 g/mol. The minimum Gasteiger partial charge on any atom is -0.475 e. The van der Waals surface area contributed by atoms with Crippen LogP contribution >= 0.6 is 0 Å². The highest BCUT2D eigenvalue weighted by molar-refractivity contribution is 5.28. The van der Waals surface area contributed by atoms with E-state index in [9.17, 15) is 0 Å². The Morgan fingerprint density at radius 2 is 2.54 bits per heavy atom. The van der Waals surface area contributed by atoms with Gasteiger partial charge in [0.25, 0.3) is 5.88 Å². The summed E-state index contributed by atoms with van der Waals surface area (Å²) in [5.41, 5.74) is 1.15. The predicted molar refractivity (Wildman–Crippen MR) is 46.5 cm³/mol. The number of fused-ring (bicyclic) bond motifs is 1. The van der Waals surface area contributed by atoms with Crippen LogP contribution in [0.4, 0.5) is 0 Å². The first-order valence-electron chi connectivity index (χ1n) is 4.83. The summed E-state index contributed by atoms with van der Waals surface area (Å²) in [4.78, 5) is 0. The number of aromatic nitrogens is 1. The van der Waals surface area contributed by atoms with Crippen molar-refractivity contribution >= 4 is 0 Å². The molecule has 72 valence electrons. The highest BCUT2D eigenvalue weighted by atomic mass is 16.5. The van der Waals surface area contributed by atoms with Crippen LogP contribution in [-0.2, 0) is 13.0 Å². The van der Waals surface area contributed by atoms with Crippen molar-refractivity contribution in [3.63, 3.8) is 0 Å². The van der Waals surface area contributed by atoms with E-state index in [2.05, 4.69) is 17.4 Å². The zero-order valence-corrected chi connectivity index (χ0v) is 7.88. The van der Waals surface area contributed by atoms with E-state index in [1.165, 1.54) is 0 Å². The Balaban J connectivity index is 2.12. The third kappa shape index (κ3) is 1.67. The van der Waals surface area contributed by atoms with Gasteiger partial charge in [0.15, 0.2) is 5.76 Å². The maximum absolute atomic E-state index is 5.47. The van der Waals surface area contributed by atoms with Crippen LogP contribution < -0.4 is 10.1 Å². The Kier molecular flexibility index (Phi) is 2.49. The van der Waals surface area contributed by atoms with E-state index in [1.54, 1.807) is 0 Å². The SMILES string of the molecule is CCCOc1noc2c1C[NH2+]CC2. The molecule has 0 atom stereocenters. The number of nitrogens with zero attached hydrogens (tertiary/aromatic N) is 1. The number of hydrogen-bond acceptors (Lipinski definition) is 3. The minimum atomic E-state index is 0.702. The summed E-state index contributed by atoms with van der Waals surface area (Å²) in [6.45, 7) is 4.84. The fourth-order valence-electron chi connectivity index (χ4n) is 1.52. The van der Waals surface area contributed by atoms with Gasteiger partial charge in [-0.3, -0.25) is 0 Å². The summed E-state index contributed by atoms with van der Waals surface area (Å²) in [6, 6.07) is 0. The van der Waals surface area contributed by atoms with Crippen LogP contribution in [0.5, 0.6) is 5.88 Å². The molecule has 2 rings (SSSR count). The first kappa shape index (κ1) is 8.56. The van der Waals surface area contributed by atoms with E-state index >= 15 is 0 Å². The molecule has 0 aromatic carbocycles. The summed E-state index contributed by atoms with van der Waals surface area (Å²) >= 11 is 0. The molecule has 1 aromatic rings. The van der Waals surface area contributed by atoms with Gasteiger partial charge in [0.2, 0.25) is 0 Å². The normalized spacial score (nSPS) is 15.5. The molecule has 0 unspecified atom stereocenters. The molecular formula is C9H15N2O2+. The fourth-order valence-corrected chi connectivity index (χ4v) is 1.52. The summed E-state index contributed by atoms with van der Waals surface area (Å²) in [5.74, 6) is 1.71. The number of rotatable bonds is 3. The second-order valence-electron chi connectivity index (χ2n) is 3.27. The van der Waals surface area contributed by atoms with Crippen LogP contribution in [-0.4, -0.2) is 18.3 Å². The Morgan fingerprint density at radius 1 is 1.62 bits per heavy atom. The minimum absolute atomic E-state index is 0.702. The second-order valence-corrected chi connectivity index (χ2v) is 3.27. The molecular weight excluding hydrogens is 168 g/mol. The van der Waals surface area contributed by atoms with Gasteiger partial charge in [-0.25, -0.2) is 0 Å². The number of hydrogen-bond donors (Lipinski definition) is 1. The number of ether oxygens (including phenoxy) is 1. The van der Waals surface area contributed by atoms with Crippen molar-refractivity contribution in [2.24, 2.45) is 0 Å². The van der Waals surface area contributed by atoms with Crippen molar-refractivity contribution in [2.45, 2.75) is 26.3 Å². The van der Waals surface area contributed by atoms with E-state index < -0.39 is 0 Å². The molecule has 1 aromatic heterocycles. The van der Waals surface area contributed by atoms with Crippen molar-refractivity contribution in [1.29, 1.82) is 0 Å². The first-order valence-corrected chi connectivity index (χ1v) is 4.83. The third-order valence-corrected chi connectivity index (χ3v) is 2.20. The quantitative estimate of drug-likeness (QED) is 0.722. The van der Waals surface area contributed by atoms with Crippen molar-refractivity contribution in [2.75, 3.05) is 13.2 Å². The molecule has 13 heavy (non-hydrogen) atoms. The smallest absolute Gasteiger partial charge is 0.263 e. The highest BCUT2D eigenvalue weighted by Gasteiger charge is 2.22. The molecule has 0 fully saturated rings. The lowest BCUT2D eigenvalue weighted by atomic mass is 10.1. The van der Waals surface area contributed by atoms with Gasteiger partial charge in [0, 0.05) is 0 Å². The van der Waals surface area contributed by atoms with Crippen LogP contribution in [0.15, 0.2) is 4.52 Å². The molecule has 1 aliphatic heterocycles. The van der Waals surface area contributed by atoms with Crippen molar-refractivity contribution in [1.82, 2.24) is 5.16 Å². The Bertz CT molecular complexity index is 283. The first-order chi connectivity index (χ1) is 6.42. The van der Waals surface area contributed by atoms with Crippen LogP contribution in [0.25, 0.3) is 0 Å². The zero-order valence-electron chi connectivity index (χ0n) is 7.88. The molecule has 0 spiro atoms. The second kappa shape index (κ2) is 3.79. The molecule has 0 saturated carbocycles. The van der Waals surface area contributed by atoms with Crippen molar-refractivity contribution in [3.05, 3.63) is 11.3 Å². The lowest BCUT2D eigenvalue weighted by Gasteiger charge is -2.08. The average molecular weight is 183 g/mol. The highest BCUT2D eigenvalue weighted by Crippen LogP contribution is 2.22. The maximum atomic E-state index is 5.47. The lowest BCUT2D eigenvalue weighted by Crippen LogP contribution is -2.84. The Morgan fingerprint density at radius 3 is 3.38 bits per heavy atom. The van der Waals surface area contributed by atoms with Gasteiger partial charge in [0.05, 0.1) is 19.6 Å². The van der Waals surface area contributed by atoms with Gasteiger partial charge in [0.1, 0.15) is 12.1 Å². The van der Waals surface area contributed by atoms with Gasteiger partial charge in [-0.05, 0) is 11.6 Å². The summed E-state index contributed by atoms with van der Waals surface area (Å²) in [7, 11) is 0. The van der Waals surface area contributed by atoms with Crippen molar-refractivity contribution in [3.8, 4) is 5.88 Å². The van der Waals surface area contributed by atoms with Crippen LogP contribution in [0.3, 0.4) is 0 Å². The molecule has 4 nitrogen and oxygen atoms in total. The van der Waals surface area contributed by atoms with Gasteiger partial charge in [-0.2, -0.15) is 0 Å². The van der Waals surface area contributed by atoms with E-state index in [0.29, 0.717) is 5.88 Å². The van der Waals surface area contributed by atoms with Gasteiger partial charge in [-0.15, -0.1) is 0 Å². The summed E-state index contributed by atoms with van der Waals surface area (Å²) < 4.78 is 10.7. The Labute approximate surface area is 77.2 Å². The molecule has 0 bridgehead atoms. The van der Waals surface area contributed by atoms with Crippen molar-refractivity contribution < 1.29 is 14.6 Å². The lowest BCUT2D eigenvalue weighted by molar-refractivity contribution is -0.673. The number of quaternary nitrogens is 1. The molecule has 0 radical (unpaired) electrons. The van der Waals surface area contributed by atoms with Gasteiger partial charge >= 0.3 is 0 Å². The predicted octanol–water partition coefficient (Wildman–Crippen LogP) is 0.0829. The summed E-state index contributed by atoms with van der Waals surface area (Å²) in [6.07, 6.45) is 1.98. The molecule has 2 N–H and O–H groups in total. The van der Waals surface area contributed by atoms with Crippen LogP contribution in [0.1, 0.15) is 24.7 Å². The standard InChI is InChI=1S/C9H14N2O2/c1-2-5-12-9-7-6-10-4-3-8(7)13-11-9/h10H,2-6H2,1H3/p+1. The largest absolute Gasteiger partial charge is 0.475 e. The molecule has 2 heterocycles. The molecule has 0 saturated heterocycles. The maximum Gasteiger partial charge on any atom is 0.263 e. The average Bonchev–Trinajstić information content (AvgIpc) is 2.58. The summed E-state index contributed by atoms with van der Waals surface area (Å²) in [5, 5.41) is 6.17. The van der Waals surface area contributed by atoms with E-state index in [-0.39, 0.29) is 0 Å². The topological polar surface area (TPSA) is 51.9 Å². The van der Waals surface area contributed by atoms with E-state index in [4.69, 9.17) is 9.26 Å². The van der Waals surface area contributed by atoms with Gasteiger partial charge < -0.3 is 14.6 Å². The van der Waals surface area contributed by atoms with Crippen LogP contribution in [0.2, 0.25) is 0 Å². The Hall–Kier alpha value is -1.03. The van der Waals surface area contributed by atoms with E-state index in [1.807, 2.05) is 0 Å². The molecule has 4 heteroatoms.